The van der Waals surface area contributed by atoms with Gasteiger partial charge in [-0.3, -0.25) is 0 Å². The van der Waals surface area contributed by atoms with Crippen molar-refractivity contribution >= 4 is 0 Å². The van der Waals surface area contributed by atoms with Crippen LogP contribution in [0.1, 0.15) is 38.2 Å². The molecule has 0 spiro atoms. The van der Waals surface area contributed by atoms with Crippen LogP contribution in [0.4, 0.5) is 0 Å². The van der Waals surface area contributed by atoms with Crippen LogP contribution in [0.3, 0.4) is 0 Å². The molecule has 1 aliphatic rings. The first kappa shape index (κ1) is 9.72. The second-order valence-electron chi connectivity index (χ2n) is 4.81. The molecule has 1 fully saturated rings. The topological polar surface area (TPSA) is 20.2 Å². The fourth-order valence-corrected chi connectivity index (χ4v) is 2.44. The van der Waals surface area contributed by atoms with Crippen LogP contribution in [0.25, 0.3) is 0 Å². The van der Waals surface area contributed by atoms with Gasteiger partial charge in [-0.15, -0.1) is 0 Å². The third-order valence-electron chi connectivity index (χ3n) is 3.63. The number of hydrogen-bond acceptors (Lipinski definition) is 1. The van der Waals surface area contributed by atoms with Crippen LogP contribution in [-0.2, 0) is 0 Å². The minimum absolute atomic E-state index is 0.410. The number of hydrogen-bond donors (Lipinski definition) is 1. The van der Waals surface area contributed by atoms with Gasteiger partial charge in [0.25, 0.3) is 0 Å². The van der Waals surface area contributed by atoms with Gasteiger partial charge in [0.1, 0.15) is 0 Å². The van der Waals surface area contributed by atoms with Crippen molar-refractivity contribution in [3.8, 4) is 0 Å². The minimum atomic E-state index is -0.472. The Morgan fingerprint density at radius 2 is 1.93 bits per heavy atom. The van der Waals surface area contributed by atoms with Gasteiger partial charge in [-0.25, -0.2) is 0 Å². The molecule has 1 saturated carbocycles. The zero-order valence-corrected chi connectivity index (χ0v) is 8.90. The van der Waals surface area contributed by atoms with Crippen molar-refractivity contribution in [2.24, 2.45) is 5.92 Å². The van der Waals surface area contributed by atoms with Crippen LogP contribution >= 0.6 is 0 Å². The van der Waals surface area contributed by atoms with E-state index in [9.17, 15) is 5.11 Å². The third kappa shape index (κ3) is 1.69. The van der Waals surface area contributed by atoms with Crippen LogP contribution in [0.2, 0.25) is 0 Å². The van der Waals surface area contributed by atoms with Gasteiger partial charge in [0, 0.05) is 0 Å². The summed E-state index contributed by atoms with van der Waals surface area (Å²) in [7, 11) is 0. The van der Waals surface area contributed by atoms with Crippen LogP contribution in [-0.4, -0.2) is 10.7 Å². The van der Waals surface area contributed by atoms with Gasteiger partial charge in [-0.05, 0) is 37.2 Å². The molecule has 0 bridgehead atoms. The van der Waals surface area contributed by atoms with Crippen LogP contribution < -0.4 is 0 Å². The summed E-state index contributed by atoms with van der Waals surface area (Å²) in [5.41, 5.74) is 0.901. The Morgan fingerprint density at radius 3 is 2.43 bits per heavy atom. The lowest BCUT2D eigenvalue weighted by Crippen LogP contribution is -2.26. The first-order valence-electron chi connectivity index (χ1n) is 5.37. The van der Waals surface area contributed by atoms with Crippen molar-refractivity contribution in [2.45, 2.75) is 38.2 Å². The maximum atomic E-state index is 10.1. The third-order valence-corrected chi connectivity index (χ3v) is 3.63. The van der Waals surface area contributed by atoms with Crippen LogP contribution in [0, 0.1) is 5.92 Å². The van der Waals surface area contributed by atoms with Gasteiger partial charge in [0.05, 0.1) is 5.60 Å². The van der Waals surface area contributed by atoms with Crippen molar-refractivity contribution in [3.63, 3.8) is 0 Å². The van der Waals surface area contributed by atoms with Gasteiger partial charge in [0.2, 0.25) is 0 Å². The first-order valence-corrected chi connectivity index (χ1v) is 5.37. The zero-order valence-electron chi connectivity index (χ0n) is 8.90. The van der Waals surface area contributed by atoms with E-state index in [1.807, 2.05) is 13.0 Å². The fraction of sp³-hybridized carbons (Fsp3) is 0.538. The number of benzene rings is 1. The minimum Gasteiger partial charge on any atom is -0.390 e. The molecule has 0 amide bonds. The summed E-state index contributed by atoms with van der Waals surface area (Å²) in [6, 6.07) is 10.5. The molecule has 0 radical (unpaired) electrons. The molecule has 0 saturated heterocycles. The van der Waals surface area contributed by atoms with Gasteiger partial charge in [0.15, 0.2) is 0 Å². The molecule has 76 valence electrons. The van der Waals surface area contributed by atoms with E-state index in [1.165, 1.54) is 5.56 Å². The standard InChI is InChI=1S/C13H18O/c1-10-8-12(9-13(10,2)14)11-6-4-3-5-7-11/h3-7,10,12,14H,8-9H2,1-2H3/t10-,12+,13-/m0/s1. The van der Waals surface area contributed by atoms with E-state index in [1.54, 1.807) is 0 Å². The predicted octanol–water partition coefficient (Wildman–Crippen LogP) is 2.95. The van der Waals surface area contributed by atoms with Crippen molar-refractivity contribution in [1.82, 2.24) is 0 Å². The quantitative estimate of drug-likeness (QED) is 0.722. The lowest BCUT2D eigenvalue weighted by atomic mass is 9.94. The van der Waals surface area contributed by atoms with Crippen molar-refractivity contribution < 1.29 is 5.11 Å². The molecule has 3 atom stereocenters. The van der Waals surface area contributed by atoms with E-state index < -0.39 is 5.60 Å². The summed E-state index contributed by atoms with van der Waals surface area (Å²) in [5.74, 6) is 0.953. The Morgan fingerprint density at radius 1 is 1.29 bits per heavy atom. The molecule has 1 N–H and O–H groups in total. The average molecular weight is 190 g/mol. The smallest absolute Gasteiger partial charge is 0.0651 e. The monoisotopic (exact) mass is 190 g/mol. The van der Waals surface area contributed by atoms with E-state index >= 15 is 0 Å². The summed E-state index contributed by atoms with van der Waals surface area (Å²) >= 11 is 0. The molecule has 14 heavy (non-hydrogen) atoms. The lowest BCUT2D eigenvalue weighted by Gasteiger charge is -2.21. The normalized spacial score (nSPS) is 37.4. The SMILES string of the molecule is C[C@H]1C[C@@H](c2ccccc2)C[C@]1(C)O. The van der Waals surface area contributed by atoms with E-state index in [4.69, 9.17) is 0 Å². The molecule has 1 aromatic rings. The summed E-state index contributed by atoms with van der Waals surface area (Å²) in [6.07, 6.45) is 2.01. The van der Waals surface area contributed by atoms with Crippen LogP contribution in [0.15, 0.2) is 30.3 Å². The highest BCUT2D eigenvalue weighted by molar-refractivity contribution is 5.22. The average Bonchev–Trinajstić information content (AvgIpc) is 2.43. The highest BCUT2D eigenvalue weighted by Gasteiger charge is 2.39. The zero-order chi connectivity index (χ0) is 10.2. The molecule has 0 aromatic heterocycles. The summed E-state index contributed by atoms with van der Waals surface area (Å²) in [5, 5.41) is 10.1. The van der Waals surface area contributed by atoms with Gasteiger partial charge >= 0.3 is 0 Å². The fourth-order valence-electron chi connectivity index (χ4n) is 2.44. The molecule has 1 aromatic carbocycles. The van der Waals surface area contributed by atoms with Gasteiger partial charge in [-0.2, -0.15) is 0 Å². The Hall–Kier alpha value is -0.820. The molecule has 1 nitrogen and oxygen atoms in total. The van der Waals surface area contributed by atoms with E-state index in [-0.39, 0.29) is 0 Å². The summed E-state index contributed by atoms with van der Waals surface area (Å²) in [4.78, 5) is 0. The molecule has 1 heteroatoms. The molecule has 0 heterocycles. The lowest BCUT2D eigenvalue weighted by molar-refractivity contribution is 0.0276. The largest absolute Gasteiger partial charge is 0.390 e. The second-order valence-corrected chi connectivity index (χ2v) is 4.81. The summed E-state index contributed by atoms with van der Waals surface area (Å²) in [6.45, 7) is 4.10. The Labute approximate surface area is 85.8 Å². The Kier molecular flexibility index (Phi) is 2.36. The van der Waals surface area contributed by atoms with Gasteiger partial charge in [-0.1, -0.05) is 37.3 Å². The maximum Gasteiger partial charge on any atom is 0.0651 e. The summed E-state index contributed by atoms with van der Waals surface area (Å²) < 4.78 is 0. The van der Waals surface area contributed by atoms with E-state index in [2.05, 4.69) is 31.2 Å². The molecule has 2 rings (SSSR count). The molecule has 1 aliphatic carbocycles. The number of aliphatic hydroxyl groups is 1. The van der Waals surface area contributed by atoms with E-state index in [0.717, 1.165) is 12.8 Å². The second kappa shape index (κ2) is 3.39. The Balaban J connectivity index is 2.17. The first-order chi connectivity index (χ1) is 6.59. The maximum absolute atomic E-state index is 10.1. The van der Waals surface area contributed by atoms with Crippen LogP contribution in [0.5, 0.6) is 0 Å². The molecular formula is C13H18O. The van der Waals surface area contributed by atoms with Crippen molar-refractivity contribution in [2.75, 3.05) is 0 Å². The number of rotatable bonds is 1. The predicted molar refractivity (Wildman–Crippen MR) is 58.2 cm³/mol. The molecular weight excluding hydrogens is 172 g/mol. The van der Waals surface area contributed by atoms with E-state index in [0.29, 0.717) is 11.8 Å². The van der Waals surface area contributed by atoms with Gasteiger partial charge < -0.3 is 5.11 Å². The highest BCUT2D eigenvalue weighted by atomic mass is 16.3. The molecule has 0 aliphatic heterocycles. The highest BCUT2D eigenvalue weighted by Crippen LogP contribution is 2.44. The Bertz CT molecular complexity index is 302. The van der Waals surface area contributed by atoms with Crippen molar-refractivity contribution in [3.05, 3.63) is 35.9 Å². The van der Waals surface area contributed by atoms with Crippen molar-refractivity contribution in [1.29, 1.82) is 0 Å². The molecule has 0 unspecified atom stereocenters.